The molecule has 6 heteroatoms. The quantitative estimate of drug-likeness (QED) is 0.731. The average molecular weight is 364 g/mol. The monoisotopic (exact) mass is 364 g/mol. The number of methoxy groups -OCH3 is 2. The molecule has 2 atom stereocenters. The van der Waals surface area contributed by atoms with Crippen LogP contribution in [0.5, 0.6) is 11.5 Å². The van der Waals surface area contributed by atoms with E-state index < -0.39 is 6.04 Å². The number of carbonyl (C=O) groups excluding carboxylic acids is 2. The average Bonchev–Trinajstić information content (AvgIpc) is 2.63. The van der Waals surface area contributed by atoms with Gasteiger partial charge >= 0.3 is 0 Å². The van der Waals surface area contributed by atoms with Gasteiger partial charge in [0.05, 0.1) is 14.2 Å². The summed E-state index contributed by atoms with van der Waals surface area (Å²) in [6, 6.07) is 4.49. The summed E-state index contributed by atoms with van der Waals surface area (Å²) in [5.74, 6) is 0.608. The van der Waals surface area contributed by atoms with Crippen LogP contribution in [0.3, 0.4) is 0 Å². The molecule has 0 aliphatic rings. The molecule has 0 unspecified atom stereocenters. The fraction of sp³-hybridized carbons (Fsp3) is 0.600. The lowest BCUT2D eigenvalue weighted by Gasteiger charge is -2.31. The molecule has 1 N–H and O–H groups in total. The van der Waals surface area contributed by atoms with Crippen LogP contribution in [0.15, 0.2) is 18.2 Å². The normalized spacial score (nSPS) is 13.1. The second-order valence-corrected chi connectivity index (χ2v) is 6.88. The first-order valence-electron chi connectivity index (χ1n) is 9.05. The van der Waals surface area contributed by atoms with E-state index >= 15 is 0 Å². The third kappa shape index (κ3) is 5.64. The molecule has 0 radical (unpaired) electrons. The number of amides is 2. The first-order chi connectivity index (χ1) is 12.2. The SMILES string of the molecule is CCC[C@@H](C)N(C)C(=O)[C@@H](NC(=O)c1cc(OC)cc(OC)c1)C(C)C. The van der Waals surface area contributed by atoms with Crippen molar-refractivity contribution in [2.45, 2.75) is 52.6 Å². The number of nitrogens with one attached hydrogen (secondary N) is 1. The zero-order valence-corrected chi connectivity index (χ0v) is 17.0. The molecule has 0 bridgehead atoms. The fourth-order valence-electron chi connectivity index (χ4n) is 2.72. The summed E-state index contributed by atoms with van der Waals surface area (Å²) >= 11 is 0. The Labute approximate surface area is 156 Å². The van der Waals surface area contributed by atoms with Crippen molar-refractivity contribution in [1.82, 2.24) is 10.2 Å². The maximum Gasteiger partial charge on any atom is 0.252 e. The van der Waals surface area contributed by atoms with Gasteiger partial charge in [-0.05, 0) is 31.4 Å². The van der Waals surface area contributed by atoms with Gasteiger partial charge in [0.15, 0.2) is 0 Å². The van der Waals surface area contributed by atoms with Crippen LogP contribution in [0, 0.1) is 5.92 Å². The highest BCUT2D eigenvalue weighted by atomic mass is 16.5. The van der Waals surface area contributed by atoms with Crippen LogP contribution in [0.1, 0.15) is 50.9 Å². The Hall–Kier alpha value is -2.24. The minimum Gasteiger partial charge on any atom is -0.497 e. The van der Waals surface area contributed by atoms with E-state index in [9.17, 15) is 9.59 Å². The molecule has 0 fully saturated rings. The minimum atomic E-state index is -0.594. The zero-order valence-electron chi connectivity index (χ0n) is 17.0. The van der Waals surface area contributed by atoms with Crippen molar-refractivity contribution in [3.8, 4) is 11.5 Å². The Morgan fingerprint density at radius 1 is 1.08 bits per heavy atom. The second-order valence-electron chi connectivity index (χ2n) is 6.88. The summed E-state index contributed by atoms with van der Waals surface area (Å²) in [5.41, 5.74) is 0.393. The maximum atomic E-state index is 12.9. The Kier molecular flexibility index (Phi) is 8.42. The molecule has 0 aliphatic carbocycles. The summed E-state index contributed by atoms with van der Waals surface area (Å²) in [4.78, 5) is 27.3. The van der Waals surface area contributed by atoms with Crippen molar-refractivity contribution >= 4 is 11.8 Å². The van der Waals surface area contributed by atoms with Crippen molar-refractivity contribution in [2.75, 3.05) is 21.3 Å². The molecular formula is C20H32N2O4. The van der Waals surface area contributed by atoms with E-state index in [1.165, 1.54) is 14.2 Å². The summed E-state index contributed by atoms with van der Waals surface area (Å²) in [6.45, 7) is 7.96. The van der Waals surface area contributed by atoms with E-state index in [0.29, 0.717) is 17.1 Å². The minimum absolute atomic E-state index is 0.0322. The number of nitrogens with zero attached hydrogens (tertiary/aromatic N) is 1. The van der Waals surface area contributed by atoms with Crippen LogP contribution >= 0.6 is 0 Å². The van der Waals surface area contributed by atoms with Crippen molar-refractivity contribution in [3.05, 3.63) is 23.8 Å². The number of carbonyl (C=O) groups is 2. The Bertz CT molecular complexity index is 594. The largest absolute Gasteiger partial charge is 0.497 e. The standard InChI is InChI=1S/C20H32N2O4/c1-8-9-14(4)22(5)20(24)18(13(2)3)21-19(23)15-10-16(25-6)12-17(11-15)26-7/h10-14,18H,8-9H2,1-7H3,(H,21,23)/t14-,18+/m1/s1. The van der Waals surface area contributed by atoms with Crippen molar-refractivity contribution in [3.63, 3.8) is 0 Å². The van der Waals surface area contributed by atoms with Crippen LogP contribution < -0.4 is 14.8 Å². The lowest BCUT2D eigenvalue weighted by Crippen LogP contribution is -2.52. The predicted octanol–water partition coefficient (Wildman–Crippen LogP) is 3.11. The van der Waals surface area contributed by atoms with Crippen molar-refractivity contribution in [2.24, 2.45) is 5.92 Å². The van der Waals surface area contributed by atoms with Crippen molar-refractivity contribution < 1.29 is 19.1 Å². The first kappa shape index (κ1) is 21.8. The molecule has 2 amide bonds. The zero-order chi connectivity index (χ0) is 19.9. The number of hydrogen-bond donors (Lipinski definition) is 1. The predicted molar refractivity (Wildman–Crippen MR) is 103 cm³/mol. The third-order valence-electron chi connectivity index (χ3n) is 4.55. The van der Waals surface area contributed by atoms with Crippen LogP contribution in [-0.4, -0.2) is 50.1 Å². The van der Waals surface area contributed by atoms with E-state index in [1.807, 2.05) is 20.8 Å². The molecule has 0 saturated carbocycles. The summed E-state index contributed by atoms with van der Waals surface area (Å²) < 4.78 is 10.4. The highest BCUT2D eigenvalue weighted by Crippen LogP contribution is 2.23. The number of likely N-dealkylation sites (N-methyl/N-ethyl adjacent to an activating group) is 1. The number of rotatable bonds is 9. The van der Waals surface area contributed by atoms with Gasteiger partial charge in [0.25, 0.3) is 5.91 Å². The van der Waals surface area contributed by atoms with E-state index in [4.69, 9.17) is 9.47 Å². The van der Waals surface area contributed by atoms with Crippen LogP contribution in [0.2, 0.25) is 0 Å². The van der Waals surface area contributed by atoms with Gasteiger partial charge in [0.2, 0.25) is 5.91 Å². The van der Waals surface area contributed by atoms with Gasteiger partial charge < -0.3 is 19.7 Å². The van der Waals surface area contributed by atoms with Crippen LogP contribution in [0.4, 0.5) is 0 Å². The van der Waals surface area contributed by atoms with Gasteiger partial charge in [-0.1, -0.05) is 27.2 Å². The Morgan fingerprint density at radius 3 is 2.04 bits per heavy atom. The van der Waals surface area contributed by atoms with Gasteiger partial charge in [0.1, 0.15) is 17.5 Å². The second kappa shape index (κ2) is 10.0. The molecule has 0 spiro atoms. The molecule has 0 heterocycles. The first-order valence-corrected chi connectivity index (χ1v) is 9.05. The van der Waals surface area contributed by atoms with Gasteiger partial charge in [-0.3, -0.25) is 9.59 Å². The van der Waals surface area contributed by atoms with Gasteiger partial charge in [0, 0.05) is 24.7 Å². The summed E-state index contributed by atoms with van der Waals surface area (Å²) in [7, 11) is 4.85. The van der Waals surface area contributed by atoms with Crippen LogP contribution in [0.25, 0.3) is 0 Å². The van der Waals surface area contributed by atoms with E-state index in [2.05, 4.69) is 12.2 Å². The van der Waals surface area contributed by atoms with Gasteiger partial charge in [-0.25, -0.2) is 0 Å². The fourth-order valence-corrected chi connectivity index (χ4v) is 2.72. The molecule has 0 saturated heterocycles. The Morgan fingerprint density at radius 2 is 1.62 bits per heavy atom. The highest BCUT2D eigenvalue weighted by Gasteiger charge is 2.29. The van der Waals surface area contributed by atoms with E-state index in [-0.39, 0.29) is 23.8 Å². The number of hydrogen-bond acceptors (Lipinski definition) is 4. The third-order valence-corrected chi connectivity index (χ3v) is 4.55. The summed E-state index contributed by atoms with van der Waals surface area (Å²) in [6.07, 6.45) is 1.93. The molecular weight excluding hydrogens is 332 g/mol. The lowest BCUT2D eigenvalue weighted by molar-refractivity contribution is -0.134. The lowest BCUT2D eigenvalue weighted by atomic mass is 10.0. The van der Waals surface area contributed by atoms with E-state index in [0.717, 1.165) is 12.8 Å². The smallest absolute Gasteiger partial charge is 0.252 e. The molecule has 6 nitrogen and oxygen atoms in total. The number of ether oxygens (including phenoxy) is 2. The molecule has 1 rings (SSSR count). The molecule has 1 aromatic carbocycles. The molecule has 1 aromatic rings. The van der Waals surface area contributed by atoms with Gasteiger partial charge in [-0.15, -0.1) is 0 Å². The molecule has 0 aliphatic heterocycles. The molecule has 146 valence electrons. The van der Waals surface area contributed by atoms with Crippen LogP contribution in [-0.2, 0) is 4.79 Å². The van der Waals surface area contributed by atoms with E-state index in [1.54, 1.807) is 30.1 Å². The Balaban J connectivity index is 3.00. The number of benzene rings is 1. The highest BCUT2D eigenvalue weighted by molar-refractivity contribution is 5.98. The van der Waals surface area contributed by atoms with Crippen molar-refractivity contribution in [1.29, 1.82) is 0 Å². The molecule has 0 aromatic heterocycles. The van der Waals surface area contributed by atoms with Gasteiger partial charge in [-0.2, -0.15) is 0 Å². The molecule has 26 heavy (non-hydrogen) atoms. The maximum absolute atomic E-state index is 12.9. The topological polar surface area (TPSA) is 67.9 Å². The summed E-state index contributed by atoms with van der Waals surface area (Å²) in [5, 5.41) is 2.87.